The average Bonchev–Trinajstić information content (AvgIpc) is 2.35. The van der Waals surface area contributed by atoms with E-state index in [-0.39, 0.29) is 0 Å². The standard InChI is InChI=1S/C14H21NO2/c1-13(17-3)11-15(2)10-9-14(13,16)12-7-5-4-6-8-12/h4-8,16H,9-11H2,1-3H3. The first kappa shape index (κ1) is 12.6. The number of piperidine rings is 1. The van der Waals surface area contributed by atoms with E-state index in [2.05, 4.69) is 11.9 Å². The Morgan fingerprint density at radius 3 is 2.53 bits per heavy atom. The third kappa shape index (κ3) is 1.99. The van der Waals surface area contributed by atoms with Crippen molar-refractivity contribution in [2.75, 3.05) is 27.2 Å². The summed E-state index contributed by atoms with van der Waals surface area (Å²) in [6, 6.07) is 9.83. The molecule has 1 fully saturated rings. The Kier molecular flexibility index (Phi) is 3.25. The molecule has 0 aromatic heterocycles. The van der Waals surface area contributed by atoms with E-state index in [1.54, 1.807) is 7.11 Å². The Hall–Kier alpha value is -0.900. The van der Waals surface area contributed by atoms with Crippen LogP contribution >= 0.6 is 0 Å². The molecule has 0 spiro atoms. The summed E-state index contributed by atoms with van der Waals surface area (Å²) < 4.78 is 5.63. The van der Waals surface area contributed by atoms with Gasteiger partial charge in [0.05, 0.1) is 0 Å². The lowest BCUT2D eigenvalue weighted by atomic mass is 9.73. The second-order valence-corrected chi connectivity index (χ2v) is 5.15. The summed E-state index contributed by atoms with van der Waals surface area (Å²) in [6.07, 6.45) is 0.692. The number of hydrogen-bond donors (Lipinski definition) is 1. The van der Waals surface area contributed by atoms with Crippen molar-refractivity contribution in [2.45, 2.75) is 24.5 Å². The molecule has 1 N–H and O–H groups in total. The lowest BCUT2D eigenvalue weighted by molar-refractivity contribution is -0.199. The molecule has 2 atom stereocenters. The molecular formula is C14H21NO2. The van der Waals surface area contributed by atoms with Crippen molar-refractivity contribution < 1.29 is 9.84 Å². The summed E-state index contributed by atoms with van der Waals surface area (Å²) in [5.41, 5.74) is -0.533. The Morgan fingerprint density at radius 1 is 1.29 bits per heavy atom. The molecule has 3 nitrogen and oxygen atoms in total. The van der Waals surface area contributed by atoms with Crippen LogP contribution in [0.25, 0.3) is 0 Å². The molecular weight excluding hydrogens is 214 g/mol. The van der Waals surface area contributed by atoms with Gasteiger partial charge in [-0.05, 0) is 26.0 Å². The summed E-state index contributed by atoms with van der Waals surface area (Å²) in [6.45, 7) is 3.59. The number of hydrogen-bond acceptors (Lipinski definition) is 3. The molecule has 0 amide bonds. The zero-order chi connectivity index (χ0) is 12.5. The van der Waals surface area contributed by atoms with Crippen LogP contribution in [0.5, 0.6) is 0 Å². The fourth-order valence-corrected chi connectivity index (χ4v) is 2.74. The van der Waals surface area contributed by atoms with Gasteiger partial charge in [0, 0.05) is 20.2 Å². The lowest BCUT2D eigenvalue weighted by Crippen LogP contribution is -2.61. The minimum atomic E-state index is -0.907. The van der Waals surface area contributed by atoms with E-state index in [0.29, 0.717) is 6.42 Å². The van der Waals surface area contributed by atoms with Crippen LogP contribution in [-0.4, -0.2) is 42.9 Å². The first-order chi connectivity index (χ1) is 8.02. The first-order valence-electron chi connectivity index (χ1n) is 6.03. The molecule has 1 aliphatic rings. The zero-order valence-corrected chi connectivity index (χ0v) is 10.8. The summed E-state index contributed by atoms with van der Waals surface area (Å²) in [5, 5.41) is 11.0. The normalized spacial score (nSPS) is 34.8. The predicted molar refractivity (Wildman–Crippen MR) is 67.9 cm³/mol. The molecule has 1 aromatic rings. The summed E-state index contributed by atoms with van der Waals surface area (Å²) in [7, 11) is 3.73. The maximum absolute atomic E-state index is 11.0. The maximum atomic E-state index is 11.0. The molecule has 2 rings (SSSR count). The third-order valence-corrected chi connectivity index (χ3v) is 4.00. The van der Waals surface area contributed by atoms with Gasteiger partial charge in [-0.1, -0.05) is 30.3 Å². The highest BCUT2D eigenvalue weighted by Gasteiger charge is 2.51. The molecule has 3 heteroatoms. The quantitative estimate of drug-likeness (QED) is 0.845. The largest absolute Gasteiger partial charge is 0.382 e. The molecule has 0 bridgehead atoms. The van der Waals surface area contributed by atoms with Crippen molar-refractivity contribution in [1.82, 2.24) is 4.90 Å². The van der Waals surface area contributed by atoms with E-state index in [1.165, 1.54) is 0 Å². The van der Waals surface area contributed by atoms with Crippen LogP contribution in [0, 0.1) is 0 Å². The van der Waals surface area contributed by atoms with Crippen molar-refractivity contribution in [1.29, 1.82) is 0 Å². The second-order valence-electron chi connectivity index (χ2n) is 5.15. The highest BCUT2D eigenvalue weighted by Crippen LogP contribution is 2.41. The van der Waals surface area contributed by atoms with Crippen molar-refractivity contribution in [3.05, 3.63) is 35.9 Å². The van der Waals surface area contributed by atoms with Gasteiger partial charge in [0.25, 0.3) is 0 Å². The molecule has 1 heterocycles. The fraction of sp³-hybridized carbons (Fsp3) is 0.571. The van der Waals surface area contributed by atoms with Crippen LogP contribution in [0.4, 0.5) is 0 Å². The number of rotatable bonds is 2. The van der Waals surface area contributed by atoms with Crippen LogP contribution < -0.4 is 0 Å². The van der Waals surface area contributed by atoms with Crippen molar-refractivity contribution >= 4 is 0 Å². The number of likely N-dealkylation sites (N-methyl/N-ethyl adjacent to an activating group) is 1. The van der Waals surface area contributed by atoms with Crippen molar-refractivity contribution in [3.63, 3.8) is 0 Å². The van der Waals surface area contributed by atoms with E-state index in [9.17, 15) is 5.11 Å². The Bertz CT molecular complexity index is 381. The topological polar surface area (TPSA) is 32.7 Å². The number of methoxy groups -OCH3 is 1. The van der Waals surface area contributed by atoms with E-state index in [1.807, 2.05) is 37.3 Å². The minimum absolute atomic E-state index is 0.568. The molecule has 17 heavy (non-hydrogen) atoms. The number of nitrogens with zero attached hydrogens (tertiary/aromatic N) is 1. The number of likely N-dealkylation sites (tertiary alicyclic amines) is 1. The number of aliphatic hydroxyl groups is 1. The fourth-order valence-electron chi connectivity index (χ4n) is 2.74. The van der Waals surface area contributed by atoms with Gasteiger partial charge in [0.1, 0.15) is 11.2 Å². The maximum Gasteiger partial charge on any atom is 0.121 e. The summed E-state index contributed by atoms with van der Waals surface area (Å²) in [5.74, 6) is 0. The lowest BCUT2D eigenvalue weighted by Gasteiger charge is -2.50. The molecule has 0 saturated carbocycles. The van der Waals surface area contributed by atoms with Crippen LogP contribution in [0.3, 0.4) is 0 Å². The first-order valence-corrected chi connectivity index (χ1v) is 6.03. The zero-order valence-electron chi connectivity index (χ0n) is 10.8. The van der Waals surface area contributed by atoms with Crippen LogP contribution in [-0.2, 0) is 10.3 Å². The van der Waals surface area contributed by atoms with E-state index in [0.717, 1.165) is 18.7 Å². The molecule has 1 aliphatic heterocycles. The van der Waals surface area contributed by atoms with E-state index < -0.39 is 11.2 Å². The smallest absolute Gasteiger partial charge is 0.121 e. The molecule has 0 radical (unpaired) electrons. The predicted octanol–water partition coefficient (Wildman–Crippen LogP) is 1.61. The van der Waals surface area contributed by atoms with Gasteiger partial charge in [-0.2, -0.15) is 0 Å². The van der Waals surface area contributed by atoms with Crippen LogP contribution in [0.15, 0.2) is 30.3 Å². The monoisotopic (exact) mass is 235 g/mol. The molecule has 94 valence electrons. The van der Waals surface area contributed by atoms with E-state index in [4.69, 9.17) is 4.74 Å². The molecule has 0 aliphatic carbocycles. The SMILES string of the molecule is COC1(C)CN(C)CCC1(O)c1ccccc1. The number of ether oxygens (including phenoxy) is 1. The Balaban J connectivity index is 2.41. The van der Waals surface area contributed by atoms with E-state index >= 15 is 0 Å². The summed E-state index contributed by atoms with van der Waals surface area (Å²) in [4.78, 5) is 2.20. The Morgan fingerprint density at radius 2 is 1.94 bits per heavy atom. The van der Waals surface area contributed by atoms with Crippen molar-refractivity contribution in [3.8, 4) is 0 Å². The van der Waals surface area contributed by atoms with Gasteiger partial charge in [-0.15, -0.1) is 0 Å². The highest BCUT2D eigenvalue weighted by molar-refractivity contribution is 5.27. The van der Waals surface area contributed by atoms with Crippen LogP contribution in [0.1, 0.15) is 18.9 Å². The second kappa shape index (κ2) is 4.41. The number of benzene rings is 1. The van der Waals surface area contributed by atoms with Gasteiger partial charge in [-0.3, -0.25) is 0 Å². The average molecular weight is 235 g/mol. The van der Waals surface area contributed by atoms with Gasteiger partial charge in [0.2, 0.25) is 0 Å². The van der Waals surface area contributed by atoms with Crippen molar-refractivity contribution in [2.24, 2.45) is 0 Å². The molecule has 2 unspecified atom stereocenters. The summed E-state index contributed by atoms with van der Waals surface area (Å²) >= 11 is 0. The highest BCUT2D eigenvalue weighted by atomic mass is 16.5. The van der Waals surface area contributed by atoms with Gasteiger partial charge in [0.15, 0.2) is 0 Å². The Labute approximate surface area is 103 Å². The minimum Gasteiger partial charge on any atom is -0.382 e. The van der Waals surface area contributed by atoms with Gasteiger partial charge < -0.3 is 14.7 Å². The molecule has 1 aromatic carbocycles. The van der Waals surface area contributed by atoms with Crippen LogP contribution in [0.2, 0.25) is 0 Å². The molecule has 1 saturated heterocycles. The third-order valence-electron chi connectivity index (χ3n) is 4.00. The van der Waals surface area contributed by atoms with Gasteiger partial charge in [-0.25, -0.2) is 0 Å². The van der Waals surface area contributed by atoms with Gasteiger partial charge >= 0.3 is 0 Å².